The Hall–Kier alpha value is -1.10. The molecule has 5 heteroatoms. The van der Waals surface area contributed by atoms with E-state index in [0.717, 1.165) is 57.8 Å². The van der Waals surface area contributed by atoms with E-state index in [0.29, 0.717) is 0 Å². The van der Waals surface area contributed by atoms with Gasteiger partial charge >= 0.3 is 11.9 Å². The Labute approximate surface area is 116 Å². The molecule has 0 aliphatic rings. The topological polar surface area (TPSA) is 110 Å². The first-order valence-electron chi connectivity index (χ1n) is 7.02. The van der Waals surface area contributed by atoms with E-state index >= 15 is 0 Å². The molecular weight excluding hydrogens is 246 g/mol. The zero-order chi connectivity index (χ0) is 13.8. The molecule has 0 aliphatic heterocycles. The second kappa shape index (κ2) is 13.3. The average molecular weight is 275 g/mol. The number of carboxylic acids is 2. The molecule has 0 radical (unpaired) electrons. The summed E-state index contributed by atoms with van der Waals surface area (Å²) in [5.41, 5.74) is 0. The van der Waals surface area contributed by atoms with E-state index in [1.165, 1.54) is 0 Å². The number of rotatable bonds is 12. The summed E-state index contributed by atoms with van der Waals surface area (Å²) in [6.07, 6.45) is 8.42. The Kier molecular flexibility index (Phi) is 14.2. The van der Waals surface area contributed by atoms with Crippen LogP contribution in [0.3, 0.4) is 0 Å². The van der Waals surface area contributed by atoms with Crippen LogP contribution in [0.25, 0.3) is 0 Å². The third-order valence-electron chi connectivity index (χ3n) is 3.20. The van der Waals surface area contributed by atoms with Gasteiger partial charge in [0.05, 0.1) is 5.92 Å². The maximum absolute atomic E-state index is 11.0. The summed E-state index contributed by atoms with van der Waals surface area (Å²) < 4.78 is 0. The molecule has 0 aromatic rings. The number of carboxylic acid groups (broad SMARTS) is 2. The summed E-state index contributed by atoms with van der Waals surface area (Å²) in [4.78, 5) is 21.3. The second-order valence-corrected chi connectivity index (χ2v) is 4.88. The summed E-state index contributed by atoms with van der Waals surface area (Å²) in [6, 6.07) is 0. The molecule has 1 atom stereocenters. The fraction of sp³-hybridized carbons (Fsp3) is 0.857. The van der Waals surface area contributed by atoms with Crippen LogP contribution in [-0.2, 0) is 9.59 Å². The third kappa shape index (κ3) is 13.1. The molecule has 0 aromatic heterocycles. The SMILES string of the molecule is CCCCC(CCCCCCCC(=O)O)C(=O)O.N. The van der Waals surface area contributed by atoms with Gasteiger partial charge in [0.2, 0.25) is 0 Å². The van der Waals surface area contributed by atoms with Crippen LogP contribution in [0, 0.1) is 5.92 Å². The standard InChI is InChI=1S/C14H26O4.H3N/c1-2-3-9-12(14(17)18)10-7-5-4-6-8-11-13(15)16;/h12H,2-11H2,1H3,(H,15,16)(H,17,18);1H3. The molecule has 114 valence electrons. The van der Waals surface area contributed by atoms with Crippen LogP contribution >= 0.6 is 0 Å². The van der Waals surface area contributed by atoms with Crippen LogP contribution < -0.4 is 6.15 Å². The first-order valence-corrected chi connectivity index (χ1v) is 7.02. The second-order valence-electron chi connectivity index (χ2n) is 4.88. The zero-order valence-electron chi connectivity index (χ0n) is 12.1. The van der Waals surface area contributed by atoms with E-state index < -0.39 is 11.9 Å². The summed E-state index contributed by atoms with van der Waals surface area (Å²) >= 11 is 0. The van der Waals surface area contributed by atoms with Gasteiger partial charge < -0.3 is 16.4 Å². The largest absolute Gasteiger partial charge is 0.481 e. The number of hydrogen-bond donors (Lipinski definition) is 3. The number of carbonyl (C=O) groups is 2. The molecule has 1 unspecified atom stereocenters. The summed E-state index contributed by atoms with van der Waals surface area (Å²) in [7, 11) is 0. The summed E-state index contributed by atoms with van der Waals surface area (Å²) in [5, 5.41) is 17.5. The molecule has 19 heavy (non-hydrogen) atoms. The number of unbranched alkanes of at least 4 members (excludes halogenated alkanes) is 5. The summed E-state index contributed by atoms with van der Waals surface area (Å²) in [5.74, 6) is -1.60. The van der Waals surface area contributed by atoms with Crippen molar-refractivity contribution in [3.63, 3.8) is 0 Å². The Balaban J connectivity index is 0. The van der Waals surface area contributed by atoms with E-state index in [1.807, 2.05) is 0 Å². The van der Waals surface area contributed by atoms with Crippen molar-refractivity contribution in [3.05, 3.63) is 0 Å². The highest BCUT2D eigenvalue weighted by molar-refractivity contribution is 5.69. The highest BCUT2D eigenvalue weighted by atomic mass is 16.4. The fourth-order valence-corrected chi connectivity index (χ4v) is 2.04. The van der Waals surface area contributed by atoms with Gasteiger partial charge in [-0.1, -0.05) is 45.4 Å². The van der Waals surface area contributed by atoms with Gasteiger partial charge in [0.1, 0.15) is 0 Å². The molecule has 5 nitrogen and oxygen atoms in total. The van der Waals surface area contributed by atoms with Gasteiger partial charge in [-0.15, -0.1) is 0 Å². The van der Waals surface area contributed by atoms with Crippen LogP contribution in [0.4, 0.5) is 0 Å². The Morgan fingerprint density at radius 2 is 1.42 bits per heavy atom. The molecule has 0 saturated heterocycles. The van der Waals surface area contributed by atoms with Crippen LogP contribution in [-0.4, -0.2) is 22.2 Å². The minimum absolute atomic E-state index is 0. The van der Waals surface area contributed by atoms with Gasteiger partial charge in [0.15, 0.2) is 0 Å². The highest BCUT2D eigenvalue weighted by Crippen LogP contribution is 2.18. The van der Waals surface area contributed by atoms with Gasteiger partial charge in [-0.05, 0) is 19.3 Å². The van der Waals surface area contributed by atoms with E-state index in [9.17, 15) is 9.59 Å². The molecule has 0 heterocycles. The molecule has 0 rings (SSSR count). The van der Waals surface area contributed by atoms with Gasteiger partial charge in [-0.3, -0.25) is 9.59 Å². The average Bonchev–Trinajstić information content (AvgIpc) is 2.30. The Bertz CT molecular complexity index is 244. The van der Waals surface area contributed by atoms with E-state index in [4.69, 9.17) is 10.2 Å². The highest BCUT2D eigenvalue weighted by Gasteiger charge is 2.15. The fourth-order valence-electron chi connectivity index (χ4n) is 2.04. The number of aliphatic carboxylic acids is 2. The molecule has 0 aromatic carbocycles. The molecule has 5 N–H and O–H groups in total. The van der Waals surface area contributed by atoms with Crippen molar-refractivity contribution >= 4 is 11.9 Å². The van der Waals surface area contributed by atoms with Crippen molar-refractivity contribution in [3.8, 4) is 0 Å². The molecule has 0 saturated carbocycles. The predicted molar refractivity (Wildman–Crippen MR) is 75.6 cm³/mol. The van der Waals surface area contributed by atoms with Crippen LogP contribution in [0.1, 0.15) is 71.1 Å². The summed E-state index contributed by atoms with van der Waals surface area (Å²) in [6.45, 7) is 2.07. The van der Waals surface area contributed by atoms with E-state index in [1.54, 1.807) is 0 Å². The normalized spacial score (nSPS) is 11.6. The molecule has 0 fully saturated rings. The van der Waals surface area contributed by atoms with E-state index in [-0.39, 0.29) is 18.5 Å². The molecular formula is C14H29NO4. The van der Waals surface area contributed by atoms with Crippen molar-refractivity contribution in [2.75, 3.05) is 0 Å². The first kappa shape index (κ1) is 20.2. The maximum Gasteiger partial charge on any atom is 0.306 e. The Morgan fingerprint density at radius 3 is 1.95 bits per heavy atom. The lowest BCUT2D eigenvalue weighted by atomic mass is 9.95. The van der Waals surface area contributed by atoms with Crippen LogP contribution in [0.5, 0.6) is 0 Å². The minimum atomic E-state index is -0.736. The van der Waals surface area contributed by atoms with Crippen molar-refractivity contribution in [1.82, 2.24) is 6.15 Å². The quantitative estimate of drug-likeness (QED) is 0.468. The van der Waals surface area contributed by atoms with Crippen molar-refractivity contribution in [2.24, 2.45) is 5.92 Å². The van der Waals surface area contributed by atoms with Crippen molar-refractivity contribution in [1.29, 1.82) is 0 Å². The van der Waals surface area contributed by atoms with Gasteiger partial charge in [-0.25, -0.2) is 0 Å². The molecule has 0 amide bonds. The lowest BCUT2D eigenvalue weighted by molar-refractivity contribution is -0.142. The third-order valence-corrected chi connectivity index (χ3v) is 3.20. The monoisotopic (exact) mass is 275 g/mol. The van der Waals surface area contributed by atoms with E-state index in [2.05, 4.69) is 6.92 Å². The minimum Gasteiger partial charge on any atom is -0.481 e. The lowest BCUT2D eigenvalue weighted by Gasteiger charge is -2.11. The van der Waals surface area contributed by atoms with Gasteiger partial charge in [0.25, 0.3) is 0 Å². The van der Waals surface area contributed by atoms with Gasteiger partial charge in [0, 0.05) is 6.42 Å². The van der Waals surface area contributed by atoms with Crippen LogP contribution in [0.2, 0.25) is 0 Å². The predicted octanol–water partition coefficient (Wildman–Crippen LogP) is 3.85. The Morgan fingerprint density at radius 1 is 0.895 bits per heavy atom. The van der Waals surface area contributed by atoms with Gasteiger partial charge in [-0.2, -0.15) is 0 Å². The van der Waals surface area contributed by atoms with Crippen LogP contribution in [0.15, 0.2) is 0 Å². The molecule has 0 aliphatic carbocycles. The lowest BCUT2D eigenvalue weighted by Crippen LogP contribution is -2.13. The first-order chi connectivity index (χ1) is 8.57. The smallest absolute Gasteiger partial charge is 0.306 e. The van der Waals surface area contributed by atoms with Crippen molar-refractivity contribution < 1.29 is 19.8 Å². The van der Waals surface area contributed by atoms with Crippen molar-refractivity contribution in [2.45, 2.75) is 71.1 Å². The zero-order valence-corrected chi connectivity index (χ0v) is 12.1. The molecule has 0 bridgehead atoms. The number of hydrogen-bond acceptors (Lipinski definition) is 3. The maximum atomic E-state index is 11.0. The molecule has 0 spiro atoms.